The van der Waals surface area contributed by atoms with Gasteiger partial charge in [-0.1, -0.05) is 90.4 Å². The summed E-state index contributed by atoms with van der Waals surface area (Å²) in [6.45, 7) is 23.0. The molecule has 0 atom stereocenters. The van der Waals surface area contributed by atoms with E-state index in [1.54, 1.807) is 0 Å². The predicted molar refractivity (Wildman–Crippen MR) is 95.3 cm³/mol. The van der Waals surface area contributed by atoms with Gasteiger partial charge >= 0.3 is 0 Å². The van der Waals surface area contributed by atoms with E-state index in [1.807, 2.05) is 20.8 Å². The van der Waals surface area contributed by atoms with Gasteiger partial charge < -0.3 is 0 Å². The summed E-state index contributed by atoms with van der Waals surface area (Å²) in [5, 5.41) is 0. The molecule has 0 aliphatic carbocycles. The second-order valence-electron chi connectivity index (χ2n) is 6.72. The van der Waals surface area contributed by atoms with E-state index in [-0.39, 0.29) is 0 Å². The maximum atomic E-state index is 3.75. The minimum Gasteiger partial charge on any atom is -0.0999 e. The van der Waals surface area contributed by atoms with E-state index >= 15 is 0 Å². The maximum Gasteiger partial charge on any atom is -0.0230 e. The molecule has 116 valence electrons. The van der Waals surface area contributed by atoms with Crippen LogP contribution >= 0.6 is 0 Å². The third-order valence-electron chi connectivity index (χ3n) is 2.84. The van der Waals surface area contributed by atoms with Gasteiger partial charge in [-0.3, -0.25) is 0 Å². The summed E-state index contributed by atoms with van der Waals surface area (Å²) >= 11 is 0. The van der Waals surface area contributed by atoms with Crippen molar-refractivity contribution in [3.63, 3.8) is 0 Å². The molecule has 0 unspecified atom stereocenters. The van der Waals surface area contributed by atoms with Gasteiger partial charge in [0, 0.05) is 0 Å². The van der Waals surface area contributed by atoms with Crippen molar-refractivity contribution in [3.05, 3.63) is 47.5 Å². The normalized spacial score (nSPS) is 10.1. The zero-order valence-corrected chi connectivity index (χ0v) is 15.3. The van der Waals surface area contributed by atoms with Crippen molar-refractivity contribution in [1.29, 1.82) is 0 Å². The van der Waals surface area contributed by atoms with E-state index < -0.39 is 0 Å². The van der Waals surface area contributed by atoms with Crippen LogP contribution in [0, 0.1) is 18.3 Å². The fourth-order valence-corrected chi connectivity index (χ4v) is 1.32. The van der Waals surface area contributed by atoms with Crippen molar-refractivity contribution in [2.24, 2.45) is 11.3 Å². The number of aryl methyl sites for hydroxylation is 1. The van der Waals surface area contributed by atoms with Gasteiger partial charge in [0.25, 0.3) is 0 Å². The molecule has 0 bridgehead atoms. The van der Waals surface area contributed by atoms with Crippen LogP contribution in [0.3, 0.4) is 0 Å². The Balaban J connectivity index is 0. The van der Waals surface area contributed by atoms with Crippen LogP contribution in [0.1, 0.15) is 66.5 Å². The summed E-state index contributed by atoms with van der Waals surface area (Å²) in [7, 11) is 0. The average molecular weight is 277 g/mol. The van der Waals surface area contributed by atoms with E-state index in [0.717, 1.165) is 6.42 Å². The standard InChI is InChI=1S/C12H18.C6H12.C2H6/c1-10-5-7-11(8-6-10)9-12(2,3)4;1-5(2)6(3)4;1-2/h5-8H,9H2,1-4H3;6H,1H2,2-4H3;1-2H3. The summed E-state index contributed by atoms with van der Waals surface area (Å²) in [5.74, 6) is 0.657. The smallest absolute Gasteiger partial charge is 0.0230 e. The molecule has 0 radical (unpaired) electrons. The second-order valence-corrected chi connectivity index (χ2v) is 6.72. The van der Waals surface area contributed by atoms with Gasteiger partial charge in [-0.15, -0.1) is 0 Å². The lowest BCUT2D eigenvalue weighted by Crippen LogP contribution is -2.08. The molecule has 0 aromatic heterocycles. The molecule has 0 heteroatoms. The van der Waals surface area contributed by atoms with Gasteiger partial charge in [-0.2, -0.15) is 0 Å². The highest BCUT2D eigenvalue weighted by Gasteiger charge is 2.10. The molecule has 0 N–H and O–H groups in total. The molecule has 1 aromatic rings. The first-order valence-corrected chi connectivity index (χ1v) is 7.83. The highest BCUT2D eigenvalue weighted by molar-refractivity contribution is 5.21. The molecule has 0 aliphatic rings. The number of hydrogen-bond donors (Lipinski definition) is 0. The van der Waals surface area contributed by atoms with Gasteiger partial charge in [-0.05, 0) is 37.2 Å². The van der Waals surface area contributed by atoms with Crippen molar-refractivity contribution in [1.82, 2.24) is 0 Å². The molecule has 0 amide bonds. The van der Waals surface area contributed by atoms with Crippen LogP contribution in [-0.4, -0.2) is 0 Å². The average Bonchev–Trinajstić information content (AvgIpc) is 2.34. The van der Waals surface area contributed by atoms with Crippen molar-refractivity contribution in [2.75, 3.05) is 0 Å². The van der Waals surface area contributed by atoms with Crippen LogP contribution in [0.4, 0.5) is 0 Å². The third kappa shape index (κ3) is 13.4. The first-order chi connectivity index (χ1) is 9.11. The Hall–Kier alpha value is -1.04. The minimum atomic E-state index is 0.398. The van der Waals surface area contributed by atoms with Gasteiger partial charge in [0.15, 0.2) is 0 Å². The molecule has 20 heavy (non-hydrogen) atoms. The molecular formula is C20H36. The van der Waals surface area contributed by atoms with Crippen molar-refractivity contribution >= 4 is 0 Å². The van der Waals surface area contributed by atoms with E-state index in [9.17, 15) is 0 Å². The summed E-state index contributed by atoms with van der Waals surface area (Å²) in [5.41, 5.74) is 4.44. The van der Waals surface area contributed by atoms with Crippen LogP contribution in [0.25, 0.3) is 0 Å². The Kier molecular flexibility index (Phi) is 11.4. The maximum absolute atomic E-state index is 3.75. The van der Waals surface area contributed by atoms with Crippen molar-refractivity contribution in [3.8, 4) is 0 Å². The van der Waals surface area contributed by atoms with Gasteiger partial charge in [0.05, 0.1) is 0 Å². The van der Waals surface area contributed by atoms with E-state index in [1.165, 1.54) is 16.7 Å². The zero-order chi connectivity index (χ0) is 16.3. The SMILES string of the molecule is C=C(C)C(C)C.CC.Cc1ccc(CC(C)(C)C)cc1. The summed E-state index contributed by atoms with van der Waals surface area (Å²) in [6.07, 6.45) is 1.16. The topological polar surface area (TPSA) is 0 Å². The fourth-order valence-electron chi connectivity index (χ4n) is 1.32. The molecule has 0 saturated carbocycles. The number of allylic oxidation sites excluding steroid dienone is 1. The number of hydrogen-bond acceptors (Lipinski definition) is 0. The van der Waals surface area contributed by atoms with Crippen LogP contribution in [-0.2, 0) is 6.42 Å². The van der Waals surface area contributed by atoms with Crippen LogP contribution in [0.2, 0.25) is 0 Å². The van der Waals surface area contributed by atoms with Crippen LogP contribution in [0.5, 0.6) is 0 Å². The Morgan fingerprint density at radius 2 is 1.40 bits per heavy atom. The molecule has 0 nitrogen and oxygen atoms in total. The first kappa shape index (κ1) is 21.3. The Bertz CT molecular complexity index is 347. The van der Waals surface area contributed by atoms with Crippen molar-refractivity contribution < 1.29 is 0 Å². The zero-order valence-electron chi connectivity index (χ0n) is 15.3. The quantitative estimate of drug-likeness (QED) is 0.519. The third-order valence-corrected chi connectivity index (χ3v) is 2.84. The summed E-state index contributed by atoms with van der Waals surface area (Å²) in [6, 6.07) is 8.81. The lowest BCUT2D eigenvalue weighted by Gasteiger charge is -2.17. The molecule has 0 fully saturated rings. The minimum absolute atomic E-state index is 0.398. The van der Waals surface area contributed by atoms with Gasteiger partial charge in [0.1, 0.15) is 0 Å². The van der Waals surface area contributed by atoms with Gasteiger partial charge in [0.2, 0.25) is 0 Å². The van der Waals surface area contributed by atoms with Crippen molar-refractivity contribution in [2.45, 2.75) is 68.7 Å². The highest BCUT2D eigenvalue weighted by atomic mass is 14.2. The second kappa shape index (κ2) is 10.7. The van der Waals surface area contributed by atoms with E-state index in [4.69, 9.17) is 0 Å². The number of rotatable bonds is 2. The molecule has 0 saturated heterocycles. The Labute approximate surface area is 128 Å². The van der Waals surface area contributed by atoms with Gasteiger partial charge in [-0.25, -0.2) is 0 Å². The molecule has 0 heterocycles. The molecule has 0 spiro atoms. The summed E-state index contributed by atoms with van der Waals surface area (Å²) in [4.78, 5) is 0. The molecule has 0 aliphatic heterocycles. The van der Waals surface area contributed by atoms with E-state index in [0.29, 0.717) is 11.3 Å². The Morgan fingerprint density at radius 1 is 1.05 bits per heavy atom. The monoisotopic (exact) mass is 276 g/mol. The fraction of sp³-hybridized carbons (Fsp3) is 0.600. The molecular weight excluding hydrogens is 240 g/mol. The first-order valence-electron chi connectivity index (χ1n) is 7.83. The van der Waals surface area contributed by atoms with E-state index in [2.05, 4.69) is 72.4 Å². The number of benzene rings is 1. The lowest BCUT2D eigenvalue weighted by molar-refractivity contribution is 0.411. The lowest BCUT2D eigenvalue weighted by atomic mass is 9.88. The van der Waals surface area contributed by atoms with Crippen LogP contribution in [0.15, 0.2) is 36.4 Å². The molecule has 1 aromatic carbocycles. The predicted octanol–water partition coefficient (Wildman–Crippen LogP) is 6.83. The molecule has 1 rings (SSSR count). The highest BCUT2D eigenvalue weighted by Crippen LogP contribution is 2.20. The summed E-state index contributed by atoms with van der Waals surface area (Å²) < 4.78 is 0. The Morgan fingerprint density at radius 3 is 1.65 bits per heavy atom. The largest absolute Gasteiger partial charge is 0.0999 e. The van der Waals surface area contributed by atoms with Crippen LogP contribution < -0.4 is 0 Å².